The molecule has 0 aromatic heterocycles. The maximum Gasteiger partial charge on any atom is 0.0342 e. The van der Waals surface area contributed by atoms with Crippen LogP contribution in [-0.4, -0.2) is 13.1 Å². The third kappa shape index (κ3) is 3.47. The van der Waals surface area contributed by atoms with Gasteiger partial charge >= 0.3 is 0 Å². The second-order valence-corrected chi connectivity index (χ2v) is 3.53. The third-order valence-electron chi connectivity index (χ3n) is 1.79. The van der Waals surface area contributed by atoms with Gasteiger partial charge in [-0.3, -0.25) is 0 Å². The second-order valence-electron chi connectivity index (χ2n) is 3.53. The van der Waals surface area contributed by atoms with E-state index < -0.39 is 0 Å². The first-order valence-electron chi connectivity index (χ1n) is 4.72. The highest BCUT2D eigenvalue weighted by Crippen LogP contribution is 2.10. The zero-order chi connectivity index (χ0) is 9.68. The van der Waals surface area contributed by atoms with Crippen LogP contribution in [0.5, 0.6) is 0 Å². The molecule has 0 aliphatic carbocycles. The van der Waals surface area contributed by atoms with Crippen molar-refractivity contribution in [3.63, 3.8) is 0 Å². The van der Waals surface area contributed by atoms with Crippen molar-refractivity contribution >= 4 is 5.69 Å². The van der Waals surface area contributed by atoms with Crippen LogP contribution in [0.3, 0.4) is 0 Å². The third-order valence-corrected chi connectivity index (χ3v) is 1.79. The van der Waals surface area contributed by atoms with Gasteiger partial charge in [0.2, 0.25) is 0 Å². The van der Waals surface area contributed by atoms with Gasteiger partial charge in [0.25, 0.3) is 0 Å². The number of hydrogen-bond donors (Lipinski definition) is 2. The summed E-state index contributed by atoms with van der Waals surface area (Å²) in [5, 5.41) is 6.48. The molecule has 13 heavy (non-hydrogen) atoms. The van der Waals surface area contributed by atoms with Gasteiger partial charge in [-0.15, -0.1) is 0 Å². The molecule has 2 nitrogen and oxygen atoms in total. The highest BCUT2D eigenvalue weighted by atomic mass is 14.9. The Morgan fingerprint density at radius 3 is 2.23 bits per heavy atom. The van der Waals surface area contributed by atoms with Crippen LogP contribution in [0, 0.1) is 0 Å². The molecule has 1 aromatic rings. The molecule has 0 fully saturated rings. The van der Waals surface area contributed by atoms with Gasteiger partial charge in [0.1, 0.15) is 0 Å². The van der Waals surface area contributed by atoms with Crippen molar-refractivity contribution in [3.8, 4) is 0 Å². The van der Waals surface area contributed by atoms with Crippen molar-refractivity contribution in [2.45, 2.75) is 26.4 Å². The molecule has 0 atom stereocenters. The molecule has 0 aliphatic heterocycles. The first kappa shape index (κ1) is 10.1. The van der Waals surface area contributed by atoms with E-state index in [0.29, 0.717) is 6.04 Å². The summed E-state index contributed by atoms with van der Waals surface area (Å²) >= 11 is 0. The van der Waals surface area contributed by atoms with Gasteiger partial charge in [-0.2, -0.15) is 0 Å². The molecule has 0 bridgehead atoms. The molecule has 0 saturated carbocycles. The minimum absolute atomic E-state index is 0.496. The van der Waals surface area contributed by atoms with Crippen LogP contribution < -0.4 is 10.6 Å². The van der Waals surface area contributed by atoms with E-state index in [1.165, 1.54) is 11.3 Å². The van der Waals surface area contributed by atoms with Gasteiger partial charge in [0.05, 0.1) is 0 Å². The largest absolute Gasteiger partial charge is 0.383 e. The van der Waals surface area contributed by atoms with Crippen molar-refractivity contribution < 1.29 is 0 Å². The number of hydrogen-bond acceptors (Lipinski definition) is 2. The van der Waals surface area contributed by atoms with Crippen molar-refractivity contribution in [2.75, 3.05) is 12.4 Å². The summed E-state index contributed by atoms with van der Waals surface area (Å²) in [6.07, 6.45) is 0. The molecular weight excluding hydrogens is 160 g/mol. The van der Waals surface area contributed by atoms with Gasteiger partial charge in [-0.1, -0.05) is 12.1 Å². The van der Waals surface area contributed by atoms with E-state index in [1.807, 2.05) is 7.05 Å². The van der Waals surface area contributed by atoms with Crippen LogP contribution in [-0.2, 0) is 6.54 Å². The number of nitrogens with one attached hydrogen (secondary N) is 2. The first-order valence-corrected chi connectivity index (χ1v) is 4.72. The van der Waals surface area contributed by atoms with Crippen LogP contribution in [0.2, 0.25) is 0 Å². The predicted molar refractivity (Wildman–Crippen MR) is 58.0 cm³/mol. The molecule has 0 radical (unpaired) electrons. The molecule has 0 heterocycles. The maximum absolute atomic E-state index is 3.35. The van der Waals surface area contributed by atoms with E-state index in [0.717, 1.165) is 6.54 Å². The Morgan fingerprint density at radius 1 is 1.15 bits per heavy atom. The number of benzene rings is 1. The molecule has 0 spiro atoms. The Balaban J connectivity index is 2.59. The Labute approximate surface area is 80.4 Å². The number of rotatable bonds is 4. The van der Waals surface area contributed by atoms with Gasteiger partial charge < -0.3 is 10.6 Å². The van der Waals surface area contributed by atoms with Gasteiger partial charge in [-0.25, -0.2) is 0 Å². The zero-order valence-electron chi connectivity index (χ0n) is 8.59. The SMILES string of the molecule is CNCc1ccc(NC(C)C)cc1. The van der Waals surface area contributed by atoms with E-state index >= 15 is 0 Å². The Bertz CT molecular complexity index is 239. The van der Waals surface area contributed by atoms with Crippen molar-refractivity contribution in [2.24, 2.45) is 0 Å². The Morgan fingerprint density at radius 2 is 1.77 bits per heavy atom. The minimum atomic E-state index is 0.496. The topological polar surface area (TPSA) is 24.1 Å². The zero-order valence-corrected chi connectivity index (χ0v) is 8.59. The van der Waals surface area contributed by atoms with E-state index in [2.05, 4.69) is 48.7 Å². The van der Waals surface area contributed by atoms with E-state index in [9.17, 15) is 0 Å². The summed E-state index contributed by atoms with van der Waals surface area (Å²) in [5.74, 6) is 0. The highest BCUT2D eigenvalue weighted by Gasteiger charge is 1.94. The Hall–Kier alpha value is -1.02. The van der Waals surface area contributed by atoms with Crippen LogP contribution in [0.15, 0.2) is 24.3 Å². The van der Waals surface area contributed by atoms with E-state index in [-0.39, 0.29) is 0 Å². The van der Waals surface area contributed by atoms with Crippen molar-refractivity contribution in [1.29, 1.82) is 0 Å². The molecule has 72 valence electrons. The highest BCUT2D eigenvalue weighted by molar-refractivity contribution is 5.45. The molecule has 0 unspecified atom stereocenters. The molecule has 2 heteroatoms. The predicted octanol–water partition coefficient (Wildman–Crippen LogP) is 2.23. The fourth-order valence-corrected chi connectivity index (χ4v) is 1.26. The van der Waals surface area contributed by atoms with Crippen LogP contribution >= 0.6 is 0 Å². The average Bonchev–Trinajstić information content (AvgIpc) is 2.08. The van der Waals surface area contributed by atoms with Crippen LogP contribution in [0.25, 0.3) is 0 Å². The lowest BCUT2D eigenvalue weighted by atomic mass is 10.2. The standard InChI is InChI=1S/C11H18N2/c1-9(2)13-11-6-4-10(5-7-11)8-12-3/h4-7,9,12-13H,8H2,1-3H3. The summed E-state index contributed by atoms with van der Waals surface area (Å²) in [6, 6.07) is 9.01. The average molecular weight is 178 g/mol. The minimum Gasteiger partial charge on any atom is -0.383 e. The van der Waals surface area contributed by atoms with Crippen LogP contribution in [0.1, 0.15) is 19.4 Å². The van der Waals surface area contributed by atoms with Gasteiger partial charge in [0, 0.05) is 18.3 Å². The number of anilines is 1. The normalized spacial score (nSPS) is 10.5. The second kappa shape index (κ2) is 4.87. The van der Waals surface area contributed by atoms with Gasteiger partial charge in [0.15, 0.2) is 0 Å². The van der Waals surface area contributed by atoms with Crippen molar-refractivity contribution in [1.82, 2.24) is 5.32 Å². The summed E-state index contributed by atoms with van der Waals surface area (Å²) in [5.41, 5.74) is 2.51. The summed E-state index contributed by atoms with van der Waals surface area (Å²) < 4.78 is 0. The lowest BCUT2D eigenvalue weighted by Gasteiger charge is -2.10. The molecule has 1 rings (SSSR count). The van der Waals surface area contributed by atoms with Crippen molar-refractivity contribution in [3.05, 3.63) is 29.8 Å². The molecule has 0 saturated heterocycles. The maximum atomic E-state index is 3.35. The first-order chi connectivity index (χ1) is 6.22. The molecule has 2 N–H and O–H groups in total. The molecule has 0 aliphatic rings. The monoisotopic (exact) mass is 178 g/mol. The summed E-state index contributed by atoms with van der Waals surface area (Å²) in [6.45, 7) is 5.21. The van der Waals surface area contributed by atoms with E-state index in [4.69, 9.17) is 0 Å². The Kier molecular flexibility index (Phi) is 3.77. The summed E-state index contributed by atoms with van der Waals surface area (Å²) in [7, 11) is 1.96. The lowest BCUT2D eigenvalue weighted by Crippen LogP contribution is -2.10. The summed E-state index contributed by atoms with van der Waals surface area (Å²) in [4.78, 5) is 0. The van der Waals surface area contributed by atoms with Gasteiger partial charge in [-0.05, 0) is 38.6 Å². The molecule has 0 amide bonds. The lowest BCUT2D eigenvalue weighted by molar-refractivity contribution is 0.817. The fourth-order valence-electron chi connectivity index (χ4n) is 1.26. The quantitative estimate of drug-likeness (QED) is 0.738. The smallest absolute Gasteiger partial charge is 0.0342 e. The molecule has 1 aromatic carbocycles. The van der Waals surface area contributed by atoms with Crippen LogP contribution in [0.4, 0.5) is 5.69 Å². The molecular formula is C11H18N2. The fraction of sp³-hybridized carbons (Fsp3) is 0.455. The van der Waals surface area contributed by atoms with E-state index in [1.54, 1.807) is 0 Å².